The van der Waals surface area contributed by atoms with Crippen molar-refractivity contribution in [3.63, 3.8) is 0 Å². The summed E-state index contributed by atoms with van der Waals surface area (Å²) in [5.41, 5.74) is 0. The molecule has 2 saturated heterocycles. The summed E-state index contributed by atoms with van der Waals surface area (Å²) in [7, 11) is 0. The van der Waals surface area contributed by atoms with Gasteiger partial charge in [-0.15, -0.1) is 0 Å². The molecule has 2 aliphatic heterocycles. The molecular weight excluding hydrogens is 308 g/mol. The van der Waals surface area contributed by atoms with Gasteiger partial charge >= 0.3 is 0 Å². The van der Waals surface area contributed by atoms with Gasteiger partial charge in [0.2, 0.25) is 23.6 Å². The van der Waals surface area contributed by atoms with Crippen LogP contribution in [0.3, 0.4) is 0 Å². The van der Waals surface area contributed by atoms with E-state index in [9.17, 15) is 19.2 Å². The Balaban J connectivity index is 1.94. The molecule has 0 aliphatic carbocycles. The first-order valence-electron chi connectivity index (χ1n) is 9.26. The fourth-order valence-electron chi connectivity index (χ4n) is 3.51. The number of imide groups is 2. The van der Waals surface area contributed by atoms with Crippen LogP contribution in [0.25, 0.3) is 0 Å². The smallest absolute Gasteiger partial charge is 0.231 e. The van der Waals surface area contributed by atoms with E-state index in [0.717, 1.165) is 29.1 Å². The fourth-order valence-corrected chi connectivity index (χ4v) is 3.51. The molecule has 0 aromatic carbocycles. The van der Waals surface area contributed by atoms with Crippen molar-refractivity contribution in [2.75, 3.05) is 0 Å². The standard InChI is InChI=1S/C18H28N2O4/c1-2-3-4-5-6-7-8-9-14(19-15(21)10-11-16(19)22)20-17(23)12-13-18(20)24/h14H,2-13H2,1H3. The molecule has 0 saturated carbocycles. The van der Waals surface area contributed by atoms with Gasteiger partial charge in [0.1, 0.15) is 6.17 Å². The molecule has 24 heavy (non-hydrogen) atoms. The van der Waals surface area contributed by atoms with Gasteiger partial charge in [-0.3, -0.25) is 29.0 Å². The lowest BCUT2D eigenvalue weighted by Crippen LogP contribution is -2.52. The Kier molecular flexibility index (Phi) is 6.94. The molecule has 0 aromatic heterocycles. The Bertz CT molecular complexity index is 435. The van der Waals surface area contributed by atoms with Crippen LogP contribution in [0.1, 0.15) is 84.0 Å². The van der Waals surface area contributed by atoms with E-state index in [2.05, 4.69) is 6.92 Å². The van der Waals surface area contributed by atoms with Crippen molar-refractivity contribution in [1.29, 1.82) is 0 Å². The zero-order valence-electron chi connectivity index (χ0n) is 14.6. The lowest BCUT2D eigenvalue weighted by molar-refractivity contribution is -0.154. The molecule has 0 radical (unpaired) electrons. The Morgan fingerprint density at radius 2 is 1.04 bits per heavy atom. The largest absolute Gasteiger partial charge is 0.274 e. The third kappa shape index (κ3) is 4.42. The molecule has 2 rings (SSSR count). The molecule has 6 nitrogen and oxygen atoms in total. The maximum Gasteiger partial charge on any atom is 0.231 e. The average Bonchev–Trinajstić information content (AvgIpc) is 3.06. The maximum absolute atomic E-state index is 12.1. The summed E-state index contributed by atoms with van der Waals surface area (Å²) in [6, 6.07) is 0. The predicted octanol–water partition coefficient (Wildman–Crippen LogP) is 2.75. The van der Waals surface area contributed by atoms with Gasteiger partial charge in [-0.2, -0.15) is 0 Å². The Hall–Kier alpha value is -1.72. The van der Waals surface area contributed by atoms with Crippen LogP contribution < -0.4 is 0 Å². The summed E-state index contributed by atoms with van der Waals surface area (Å²) in [6.45, 7) is 2.18. The quantitative estimate of drug-likeness (QED) is 0.454. The van der Waals surface area contributed by atoms with Crippen LogP contribution in [-0.2, 0) is 19.2 Å². The Morgan fingerprint density at radius 1 is 0.667 bits per heavy atom. The Labute approximate surface area is 143 Å². The van der Waals surface area contributed by atoms with Crippen LogP contribution in [0, 0.1) is 0 Å². The monoisotopic (exact) mass is 336 g/mol. The SMILES string of the molecule is CCCCCCCCCC(N1C(=O)CCC1=O)N1C(=O)CCC1=O. The van der Waals surface area contributed by atoms with Crippen LogP contribution in [0.2, 0.25) is 0 Å². The molecular formula is C18H28N2O4. The van der Waals surface area contributed by atoms with Crippen LogP contribution >= 0.6 is 0 Å². The number of unbranched alkanes of at least 4 members (excludes halogenated alkanes) is 6. The van der Waals surface area contributed by atoms with Crippen LogP contribution in [0.15, 0.2) is 0 Å². The highest BCUT2D eigenvalue weighted by Gasteiger charge is 2.43. The minimum atomic E-state index is -0.703. The minimum absolute atomic E-state index is 0.183. The highest BCUT2D eigenvalue weighted by atomic mass is 16.2. The maximum atomic E-state index is 12.1. The van der Waals surface area contributed by atoms with Crippen LogP contribution in [0.5, 0.6) is 0 Å². The van der Waals surface area contributed by atoms with Crippen LogP contribution in [-0.4, -0.2) is 39.6 Å². The normalized spacial score (nSPS) is 18.6. The van der Waals surface area contributed by atoms with Gasteiger partial charge in [0.05, 0.1) is 0 Å². The predicted molar refractivity (Wildman–Crippen MR) is 88.6 cm³/mol. The van der Waals surface area contributed by atoms with Crippen molar-refractivity contribution in [3.05, 3.63) is 0 Å². The van der Waals surface area contributed by atoms with Crippen molar-refractivity contribution in [2.24, 2.45) is 0 Å². The number of carbonyl (C=O) groups excluding carboxylic acids is 4. The summed E-state index contributed by atoms with van der Waals surface area (Å²) >= 11 is 0. The van der Waals surface area contributed by atoms with Crippen molar-refractivity contribution >= 4 is 23.6 Å². The molecule has 0 atom stereocenters. The van der Waals surface area contributed by atoms with Gasteiger partial charge in [-0.25, -0.2) is 0 Å². The van der Waals surface area contributed by atoms with Crippen molar-refractivity contribution < 1.29 is 19.2 Å². The van der Waals surface area contributed by atoms with Crippen molar-refractivity contribution in [3.8, 4) is 0 Å². The summed E-state index contributed by atoms with van der Waals surface area (Å²) in [5, 5.41) is 0. The van der Waals surface area contributed by atoms with Gasteiger partial charge in [-0.1, -0.05) is 45.4 Å². The average molecular weight is 336 g/mol. The molecule has 0 bridgehead atoms. The zero-order chi connectivity index (χ0) is 17.5. The summed E-state index contributed by atoms with van der Waals surface area (Å²) in [4.78, 5) is 50.6. The topological polar surface area (TPSA) is 74.8 Å². The molecule has 0 N–H and O–H groups in total. The zero-order valence-corrected chi connectivity index (χ0v) is 14.6. The second-order valence-electron chi connectivity index (χ2n) is 6.71. The second kappa shape index (κ2) is 8.94. The number of nitrogens with zero attached hydrogens (tertiary/aromatic N) is 2. The van der Waals surface area contributed by atoms with Crippen molar-refractivity contribution in [2.45, 2.75) is 90.1 Å². The van der Waals surface area contributed by atoms with E-state index in [1.54, 1.807) is 0 Å². The highest BCUT2D eigenvalue weighted by Crippen LogP contribution is 2.26. The van der Waals surface area contributed by atoms with E-state index >= 15 is 0 Å². The molecule has 6 heteroatoms. The Morgan fingerprint density at radius 3 is 1.46 bits per heavy atom. The van der Waals surface area contributed by atoms with E-state index in [4.69, 9.17) is 0 Å². The van der Waals surface area contributed by atoms with Gasteiger partial charge in [0.15, 0.2) is 0 Å². The number of hydrogen-bond acceptors (Lipinski definition) is 4. The highest BCUT2D eigenvalue weighted by molar-refractivity contribution is 6.06. The second-order valence-corrected chi connectivity index (χ2v) is 6.71. The van der Waals surface area contributed by atoms with Gasteiger partial charge in [0.25, 0.3) is 0 Å². The fraction of sp³-hybridized carbons (Fsp3) is 0.778. The summed E-state index contributed by atoms with van der Waals surface area (Å²) < 4.78 is 0. The van der Waals surface area contributed by atoms with E-state index in [1.807, 2.05) is 0 Å². The molecule has 134 valence electrons. The third-order valence-electron chi connectivity index (χ3n) is 4.84. The molecule has 0 unspecified atom stereocenters. The van der Waals surface area contributed by atoms with Gasteiger partial charge < -0.3 is 0 Å². The number of hydrogen-bond donors (Lipinski definition) is 0. The van der Waals surface area contributed by atoms with Crippen molar-refractivity contribution in [1.82, 2.24) is 9.80 Å². The number of rotatable bonds is 10. The number of carbonyl (C=O) groups is 4. The first kappa shape index (κ1) is 18.6. The molecule has 2 fully saturated rings. The first-order valence-corrected chi connectivity index (χ1v) is 9.26. The number of likely N-dealkylation sites (tertiary alicyclic amines) is 2. The van der Waals surface area contributed by atoms with E-state index in [0.29, 0.717) is 6.42 Å². The molecule has 0 aromatic rings. The molecule has 2 heterocycles. The van der Waals surface area contributed by atoms with Gasteiger partial charge in [-0.05, 0) is 12.8 Å². The minimum Gasteiger partial charge on any atom is -0.274 e. The molecule has 4 amide bonds. The lowest BCUT2D eigenvalue weighted by atomic mass is 10.1. The number of amides is 4. The first-order chi connectivity index (χ1) is 11.6. The molecule has 2 aliphatic rings. The third-order valence-corrected chi connectivity index (χ3v) is 4.84. The molecule has 0 spiro atoms. The summed E-state index contributed by atoms with van der Waals surface area (Å²) in [6.07, 6.45) is 8.31. The van der Waals surface area contributed by atoms with E-state index < -0.39 is 6.17 Å². The van der Waals surface area contributed by atoms with E-state index in [1.165, 1.54) is 25.7 Å². The van der Waals surface area contributed by atoms with E-state index in [-0.39, 0.29) is 49.3 Å². The lowest BCUT2D eigenvalue weighted by Gasteiger charge is -2.32. The van der Waals surface area contributed by atoms with Crippen LogP contribution in [0.4, 0.5) is 0 Å². The summed E-state index contributed by atoms with van der Waals surface area (Å²) in [5.74, 6) is -1.05. The van der Waals surface area contributed by atoms with Gasteiger partial charge in [0, 0.05) is 25.7 Å².